The lowest BCUT2D eigenvalue weighted by Gasteiger charge is -1.98. The lowest BCUT2D eigenvalue weighted by molar-refractivity contribution is 0.103. The fraction of sp³-hybridized carbons (Fsp3) is 0. The predicted octanol–water partition coefficient (Wildman–Crippen LogP) is 3.28. The summed E-state index contributed by atoms with van der Waals surface area (Å²) in [6.07, 6.45) is 2.43. The molecule has 0 amide bonds. The van der Waals surface area contributed by atoms with Crippen LogP contribution in [-0.4, -0.2) is 10.8 Å². The Hall–Kier alpha value is -1.07. The number of rotatable bonds is 2. The molecule has 0 bridgehead atoms. The highest BCUT2D eigenvalue weighted by Gasteiger charge is 2.14. The second kappa shape index (κ2) is 4.20. The number of pyridine rings is 1. The number of carbonyl (C=O) groups excluding carboxylic acids is 1. The van der Waals surface area contributed by atoms with E-state index in [1.807, 2.05) is 0 Å². The lowest BCUT2D eigenvalue weighted by Crippen LogP contribution is -2.01. The van der Waals surface area contributed by atoms with Gasteiger partial charge in [0.25, 0.3) is 0 Å². The first-order valence-corrected chi connectivity index (χ1v) is 5.79. The van der Waals surface area contributed by atoms with Gasteiger partial charge in [-0.25, -0.2) is 4.39 Å². The van der Waals surface area contributed by atoms with Gasteiger partial charge in [-0.1, -0.05) is 0 Å². The van der Waals surface area contributed by atoms with Crippen molar-refractivity contribution in [2.45, 2.75) is 0 Å². The first kappa shape index (κ1) is 10.4. The van der Waals surface area contributed by atoms with Crippen molar-refractivity contribution in [3.63, 3.8) is 0 Å². The molecular formula is C10H5BrFNOS. The van der Waals surface area contributed by atoms with Gasteiger partial charge in [0.15, 0.2) is 5.78 Å². The Balaban J connectivity index is 2.41. The van der Waals surface area contributed by atoms with Gasteiger partial charge in [0.1, 0.15) is 5.82 Å². The van der Waals surface area contributed by atoms with Crippen LogP contribution in [0.4, 0.5) is 4.39 Å². The van der Waals surface area contributed by atoms with Crippen LogP contribution < -0.4 is 0 Å². The molecule has 2 aromatic rings. The van der Waals surface area contributed by atoms with Crippen molar-refractivity contribution in [2.24, 2.45) is 0 Å². The quantitative estimate of drug-likeness (QED) is 0.793. The molecule has 0 aliphatic rings. The van der Waals surface area contributed by atoms with E-state index >= 15 is 0 Å². The lowest BCUT2D eigenvalue weighted by atomic mass is 10.1. The summed E-state index contributed by atoms with van der Waals surface area (Å²) in [6, 6.07) is 1.18. The van der Waals surface area contributed by atoms with Crippen molar-refractivity contribution >= 4 is 33.0 Å². The molecule has 0 radical (unpaired) electrons. The maximum atomic E-state index is 12.8. The van der Waals surface area contributed by atoms with E-state index in [1.165, 1.54) is 23.6 Å². The van der Waals surface area contributed by atoms with E-state index in [9.17, 15) is 9.18 Å². The monoisotopic (exact) mass is 285 g/mol. The van der Waals surface area contributed by atoms with Crippen molar-refractivity contribution in [3.05, 3.63) is 50.6 Å². The highest BCUT2D eigenvalue weighted by Crippen LogP contribution is 2.23. The Labute approximate surface area is 97.9 Å². The third-order valence-corrected chi connectivity index (χ3v) is 3.53. The van der Waals surface area contributed by atoms with Crippen LogP contribution in [0.15, 0.2) is 33.7 Å². The number of hydrogen-bond donors (Lipinski definition) is 0. The summed E-state index contributed by atoms with van der Waals surface area (Å²) < 4.78 is 13.6. The van der Waals surface area contributed by atoms with Crippen molar-refractivity contribution in [2.75, 3.05) is 0 Å². The smallest absolute Gasteiger partial charge is 0.196 e. The van der Waals surface area contributed by atoms with Crippen molar-refractivity contribution in [1.29, 1.82) is 0 Å². The summed E-state index contributed by atoms with van der Waals surface area (Å²) in [6.45, 7) is 0. The highest BCUT2D eigenvalue weighted by molar-refractivity contribution is 9.10. The van der Waals surface area contributed by atoms with Gasteiger partial charge in [-0.3, -0.25) is 9.78 Å². The number of hydrogen-bond acceptors (Lipinski definition) is 3. The highest BCUT2D eigenvalue weighted by atomic mass is 79.9. The third kappa shape index (κ3) is 2.13. The molecule has 5 heteroatoms. The molecular weight excluding hydrogens is 281 g/mol. The van der Waals surface area contributed by atoms with E-state index < -0.39 is 5.82 Å². The summed E-state index contributed by atoms with van der Waals surface area (Å²) in [5, 5.41) is 3.53. The van der Waals surface area contributed by atoms with E-state index in [4.69, 9.17) is 0 Å². The average molecular weight is 286 g/mol. The third-order valence-electron chi connectivity index (χ3n) is 1.83. The molecule has 76 valence electrons. The minimum Gasteiger partial charge on any atom is -0.288 e. The second-order valence-electron chi connectivity index (χ2n) is 2.85. The standard InChI is InChI=1S/C10H5BrFNOS/c11-9-5-15-4-8(9)10(14)6-1-7(12)3-13-2-6/h1-5H. The molecule has 2 heterocycles. The van der Waals surface area contributed by atoms with Gasteiger partial charge in [0.05, 0.1) is 6.20 Å². The summed E-state index contributed by atoms with van der Waals surface area (Å²) in [5.41, 5.74) is 0.793. The van der Waals surface area contributed by atoms with Crippen LogP contribution in [0.1, 0.15) is 15.9 Å². The molecule has 0 fully saturated rings. The molecule has 0 N–H and O–H groups in total. The number of carbonyl (C=O) groups is 1. The minimum atomic E-state index is -0.507. The van der Waals surface area contributed by atoms with E-state index in [0.29, 0.717) is 5.56 Å². The van der Waals surface area contributed by atoms with Crippen molar-refractivity contribution in [1.82, 2.24) is 4.98 Å². The van der Waals surface area contributed by atoms with Crippen LogP contribution in [0.5, 0.6) is 0 Å². The van der Waals surface area contributed by atoms with Gasteiger partial charge >= 0.3 is 0 Å². The molecule has 2 nitrogen and oxygen atoms in total. The summed E-state index contributed by atoms with van der Waals surface area (Å²) in [5.74, 6) is -0.734. The number of aromatic nitrogens is 1. The SMILES string of the molecule is O=C(c1cncc(F)c1)c1cscc1Br. The van der Waals surface area contributed by atoms with Crippen LogP contribution in [0, 0.1) is 5.82 Å². The fourth-order valence-electron chi connectivity index (χ4n) is 1.14. The number of ketones is 1. The topological polar surface area (TPSA) is 30.0 Å². The Morgan fingerprint density at radius 3 is 2.80 bits per heavy atom. The number of halogens is 2. The van der Waals surface area contributed by atoms with Gasteiger partial charge < -0.3 is 0 Å². The van der Waals surface area contributed by atoms with Crippen LogP contribution in [0.3, 0.4) is 0 Å². The molecule has 0 saturated carbocycles. The molecule has 0 saturated heterocycles. The molecule has 0 aliphatic heterocycles. The first-order chi connectivity index (χ1) is 7.18. The van der Waals surface area contributed by atoms with Crippen LogP contribution in [0.25, 0.3) is 0 Å². The Morgan fingerprint density at radius 1 is 1.40 bits per heavy atom. The van der Waals surface area contributed by atoms with Crippen LogP contribution >= 0.6 is 27.3 Å². The van der Waals surface area contributed by atoms with Crippen LogP contribution in [-0.2, 0) is 0 Å². The molecule has 2 rings (SSSR count). The van der Waals surface area contributed by atoms with Crippen molar-refractivity contribution < 1.29 is 9.18 Å². The normalized spacial score (nSPS) is 10.3. The van der Waals surface area contributed by atoms with E-state index in [2.05, 4.69) is 20.9 Å². The number of thiophene rings is 1. The number of nitrogens with zero attached hydrogens (tertiary/aromatic N) is 1. The van der Waals surface area contributed by atoms with Gasteiger partial charge in [0.2, 0.25) is 0 Å². The van der Waals surface area contributed by atoms with Gasteiger partial charge in [-0.15, -0.1) is 0 Å². The van der Waals surface area contributed by atoms with E-state index in [-0.39, 0.29) is 11.3 Å². The molecule has 0 atom stereocenters. The largest absolute Gasteiger partial charge is 0.288 e. The second-order valence-corrected chi connectivity index (χ2v) is 4.45. The predicted molar refractivity (Wildman–Crippen MR) is 59.6 cm³/mol. The van der Waals surface area contributed by atoms with E-state index in [0.717, 1.165) is 10.7 Å². The Bertz CT molecular complexity index is 512. The minimum absolute atomic E-state index is 0.227. The zero-order valence-corrected chi connectivity index (χ0v) is 9.81. The molecule has 0 unspecified atom stereocenters. The molecule has 0 aromatic carbocycles. The first-order valence-electron chi connectivity index (χ1n) is 4.05. The van der Waals surface area contributed by atoms with E-state index in [1.54, 1.807) is 10.8 Å². The summed E-state index contributed by atoms with van der Waals surface area (Å²) in [4.78, 5) is 15.5. The summed E-state index contributed by atoms with van der Waals surface area (Å²) in [7, 11) is 0. The maximum absolute atomic E-state index is 12.8. The maximum Gasteiger partial charge on any atom is 0.196 e. The molecule has 0 spiro atoms. The fourth-order valence-corrected chi connectivity index (χ4v) is 2.59. The van der Waals surface area contributed by atoms with Gasteiger partial charge in [-0.05, 0) is 22.0 Å². The average Bonchev–Trinajstić information content (AvgIpc) is 2.63. The van der Waals surface area contributed by atoms with Gasteiger partial charge in [0, 0.05) is 32.6 Å². The molecule has 2 aromatic heterocycles. The Morgan fingerprint density at radius 2 is 2.20 bits per heavy atom. The van der Waals surface area contributed by atoms with Gasteiger partial charge in [-0.2, -0.15) is 11.3 Å². The Kier molecular flexibility index (Phi) is 2.93. The van der Waals surface area contributed by atoms with Crippen molar-refractivity contribution in [3.8, 4) is 0 Å². The molecule has 15 heavy (non-hydrogen) atoms. The zero-order valence-electron chi connectivity index (χ0n) is 7.41. The zero-order chi connectivity index (χ0) is 10.8. The summed E-state index contributed by atoms with van der Waals surface area (Å²) >= 11 is 4.67. The molecule has 0 aliphatic carbocycles. The van der Waals surface area contributed by atoms with Crippen LogP contribution in [0.2, 0.25) is 0 Å².